The number of nitriles is 1. The zero-order valence-electron chi connectivity index (χ0n) is 9.05. The Morgan fingerprint density at radius 3 is 2.57 bits per heavy atom. The van der Waals surface area contributed by atoms with Gasteiger partial charge in [-0.2, -0.15) is 5.26 Å². The zero-order chi connectivity index (χ0) is 10.7. The van der Waals surface area contributed by atoms with Crippen LogP contribution in [-0.4, -0.2) is 12.0 Å². The maximum Gasteiger partial charge on any atom is 0.143 e. The lowest BCUT2D eigenvalue weighted by Gasteiger charge is -2.11. The van der Waals surface area contributed by atoms with Crippen molar-refractivity contribution < 1.29 is 0 Å². The summed E-state index contributed by atoms with van der Waals surface area (Å²) >= 11 is 0. The van der Waals surface area contributed by atoms with Gasteiger partial charge in [0, 0.05) is 12.7 Å². The first-order valence-corrected chi connectivity index (χ1v) is 4.69. The minimum absolute atomic E-state index is 0.384. The lowest BCUT2D eigenvalue weighted by Crippen LogP contribution is -2.03. The van der Waals surface area contributed by atoms with E-state index in [1.54, 1.807) is 7.05 Å². The van der Waals surface area contributed by atoms with E-state index in [4.69, 9.17) is 5.26 Å². The Balaban J connectivity index is 3.32. The second-order valence-electron chi connectivity index (χ2n) is 3.60. The van der Waals surface area contributed by atoms with E-state index >= 15 is 0 Å². The molecule has 3 heteroatoms. The third-order valence-corrected chi connectivity index (χ3v) is 2.16. The smallest absolute Gasteiger partial charge is 0.143 e. The molecule has 3 nitrogen and oxygen atoms in total. The Bertz CT molecular complexity index is 374. The van der Waals surface area contributed by atoms with Crippen LogP contribution in [0.25, 0.3) is 0 Å². The SMILES string of the molecule is CNc1nc(C(C)C)c(C)cc1C#N. The zero-order valence-corrected chi connectivity index (χ0v) is 9.05. The highest BCUT2D eigenvalue weighted by atomic mass is 15.0. The van der Waals surface area contributed by atoms with Gasteiger partial charge in [-0.15, -0.1) is 0 Å². The third-order valence-electron chi connectivity index (χ3n) is 2.16. The minimum Gasteiger partial charge on any atom is -0.372 e. The Labute approximate surface area is 84.8 Å². The molecule has 0 aliphatic heterocycles. The number of nitrogens with one attached hydrogen (secondary N) is 1. The molecular formula is C11H15N3. The van der Waals surface area contributed by atoms with E-state index in [2.05, 4.69) is 30.2 Å². The summed E-state index contributed by atoms with van der Waals surface area (Å²) in [6.07, 6.45) is 0. The van der Waals surface area contributed by atoms with Gasteiger partial charge >= 0.3 is 0 Å². The normalized spacial score (nSPS) is 10.0. The Kier molecular flexibility index (Phi) is 3.08. The number of aryl methyl sites for hydroxylation is 1. The molecule has 1 heterocycles. The average molecular weight is 189 g/mol. The van der Waals surface area contributed by atoms with Crippen molar-refractivity contribution in [2.45, 2.75) is 26.7 Å². The van der Waals surface area contributed by atoms with Gasteiger partial charge in [-0.1, -0.05) is 13.8 Å². The second-order valence-corrected chi connectivity index (χ2v) is 3.60. The van der Waals surface area contributed by atoms with Crippen LogP contribution >= 0.6 is 0 Å². The summed E-state index contributed by atoms with van der Waals surface area (Å²) in [5.74, 6) is 1.05. The van der Waals surface area contributed by atoms with E-state index in [0.717, 1.165) is 11.3 Å². The van der Waals surface area contributed by atoms with E-state index in [-0.39, 0.29) is 0 Å². The lowest BCUT2D eigenvalue weighted by molar-refractivity contribution is 0.812. The van der Waals surface area contributed by atoms with Crippen molar-refractivity contribution in [2.24, 2.45) is 0 Å². The molecule has 0 bridgehead atoms. The van der Waals surface area contributed by atoms with Gasteiger partial charge < -0.3 is 5.32 Å². The van der Waals surface area contributed by atoms with Gasteiger partial charge in [0.2, 0.25) is 0 Å². The number of rotatable bonds is 2. The summed E-state index contributed by atoms with van der Waals surface area (Å²) in [5.41, 5.74) is 2.73. The fourth-order valence-corrected chi connectivity index (χ4v) is 1.49. The molecule has 1 rings (SSSR count). The molecule has 0 amide bonds. The molecule has 0 aliphatic rings. The number of pyridine rings is 1. The van der Waals surface area contributed by atoms with Crippen molar-refractivity contribution in [3.05, 3.63) is 22.9 Å². The van der Waals surface area contributed by atoms with Crippen LogP contribution in [0.4, 0.5) is 5.82 Å². The summed E-state index contributed by atoms with van der Waals surface area (Å²) < 4.78 is 0. The maximum absolute atomic E-state index is 8.87. The highest BCUT2D eigenvalue weighted by Crippen LogP contribution is 2.21. The van der Waals surface area contributed by atoms with Gasteiger partial charge in [0.1, 0.15) is 11.9 Å². The summed E-state index contributed by atoms with van der Waals surface area (Å²) in [7, 11) is 1.78. The Morgan fingerprint density at radius 1 is 1.50 bits per heavy atom. The molecule has 0 spiro atoms. The summed E-state index contributed by atoms with van der Waals surface area (Å²) in [4.78, 5) is 4.43. The molecule has 0 atom stereocenters. The third kappa shape index (κ3) is 1.85. The molecule has 1 N–H and O–H groups in total. The molecule has 0 saturated carbocycles. The minimum atomic E-state index is 0.384. The quantitative estimate of drug-likeness (QED) is 0.777. The molecule has 0 saturated heterocycles. The standard InChI is InChI=1S/C11H15N3/c1-7(2)10-8(3)5-9(6-12)11(13-4)14-10/h5,7H,1-4H3,(H,13,14). The molecule has 0 unspecified atom stereocenters. The van der Waals surface area contributed by atoms with Crippen LogP contribution in [0, 0.1) is 18.3 Å². The van der Waals surface area contributed by atoms with Crippen molar-refractivity contribution in [3.63, 3.8) is 0 Å². The average Bonchev–Trinajstić information content (AvgIpc) is 2.16. The second kappa shape index (κ2) is 4.10. The van der Waals surface area contributed by atoms with Crippen LogP contribution < -0.4 is 5.32 Å². The predicted molar refractivity (Wildman–Crippen MR) is 57.3 cm³/mol. The highest BCUT2D eigenvalue weighted by Gasteiger charge is 2.10. The fraction of sp³-hybridized carbons (Fsp3) is 0.455. The number of nitrogens with zero attached hydrogens (tertiary/aromatic N) is 2. The molecule has 0 radical (unpaired) electrons. The van der Waals surface area contributed by atoms with Crippen molar-refractivity contribution in [1.82, 2.24) is 4.98 Å². The highest BCUT2D eigenvalue weighted by molar-refractivity contribution is 5.54. The predicted octanol–water partition coefficient (Wildman–Crippen LogP) is 2.43. The van der Waals surface area contributed by atoms with E-state index in [0.29, 0.717) is 17.3 Å². The van der Waals surface area contributed by atoms with E-state index < -0.39 is 0 Å². The van der Waals surface area contributed by atoms with Crippen LogP contribution in [0.2, 0.25) is 0 Å². The molecule has 1 aromatic heterocycles. The fourth-order valence-electron chi connectivity index (χ4n) is 1.49. The molecule has 1 aromatic rings. The van der Waals surface area contributed by atoms with Crippen LogP contribution in [0.5, 0.6) is 0 Å². The van der Waals surface area contributed by atoms with Crippen molar-refractivity contribution in [3.8, 4) is 6.07 Å². The van der Waals surface area contributed by atoms with E-state index in [1.807, 2.05) is 13.0 Å². The van der Waals surface area contributed by atoms with Gasteiger partial charge in [0.05, 0.1) is 5.56 Å². The van der Waals surface area contributed by atoms with Gasteiger partial charge in [-0.05, 0) is 24.5 Å². The van der Waals surface area contributed by atoms with E-state index in [1.165, 1.54) is 0 Å². The van der Waals surface area contributed by atoms with Crippen molar-refractivity contribution in [1.29, 1.82) is 5.26 Å². The van der Waals surface area contributed by atoms with Crippen molar-refractivity contribution in [2.75, 3.05) is 12.4 Å². The van der Waals surface area contributed by atoms with Gasteiger partial charge in [-0.25, -0.2) is 4.98 Å². The van der Waals surface area contributed by atoms with E-state index in [9.17, 15) is 0 Å². The first-order chi connectivity index (χ1) is 6.60. The number of anilines is 1. The molecule has 0 fully saturated rings. The summed E-state index contributed by atoms with van der Waals surface area (Å²) in [6, 6.07) is 4.01. The molecule has 14 heavy (non-hydrogen) atoms. The Morgan fingerprint density at radius 2 is 2.14 bits per heavy atom. The number of hydrogen-bond donors (Lipinski definition) is 1. The first-order valence-electron chi connectivity index (χ1n) is 4.69. The number of hydrogen-bond acceptors (Lipinski definition) is 3. The van der Waals surface area contributed by atoms with Crippen LogP contribution in [-0.2, 0) is 0 Å². The molecule has 0 aromatic carbocycles. The largest absolute Gasteiger partial charge is 0.372 e. The van der Waals surface area contributed by atoms with Gasteiger partial charge in [-0.3, -0.25) is 0 Å². The summed E-state index contributed by atoms with van der Waals surface area (Å²) in [5, 5.41) is 11.8. The van der Waals surface area contributed by atoms with Gasteiger partial charge in [0.25, 0.3) is 0 Å². The van der Waals surface area contributed by atoms with Crippen molar-refractivity contribution >= 4 is 5.82 Å². The first kappa shape index (κ1) is 10.5. The van der Waals surface area contributed by atoms with Crippen LogP contribution in [0.3, 0.4) is 0 Å². The topological polar surface area (TPSA) is 48.7 Å². The molecular weight excluding hydrogens is 174 g/mol. The maximum atomic E-state index is 8.87. The number of aromatic nitrogens is 1. The summed E-state index contributed by atoms with van der Waals surface area (Å²) in [6.45, 7) is 6.18. The molecule has 74 valence electrons. The molecule has 0 aliphatic carbocycles. The lowest BCUT2D eigenvalue weighted by atomic mass is 10.0. The van der Waals surface area contributed by atoms with Crippen LogP contribution in [0.15, 0.2) is 6.07 Å². The Hall–Kier alpha value is -1.56. The van der Waals surface area contributed by atoms with Gasteiger partial charge in [0.15, 0.2) is 0 Å². The monoisotopic (exact) mass is 189 g/mol. The van der Waals surface area contributed by atoms with Crippen LogP contribution in [0.1, 0.15) is 36.6 Å².